The van der Waals surface area contributed by atoms with Crippen LogP contribution >= 0.6 is 31.9 Å². The summed E-state index contributed by atoms with van der Waals surface area (Å²) in [7, 11) is 0. The van der Waals surface area contributed by atoms with E-state index in [2.05, 4.69) is 37.2 Å². The molecule has 2 rings (SSSR count). The molecular formula is C14H12Br2N2O2. The Kier molecular flexibility index (Phi) is 5.03. The van der Waals surface area contributed by atoms with Crippen LogP contribution in [0.25, 0.3) is 0 Å². The van der Waals surface area contributed by atoms with E-state index < -0.39 is 0 Å². The van der Waals surface area contributed by atoms with Crippen LogP contribution in [0.4, 0.5) is 11.4 Å². The zero-order valence-electron chi connectivity index (χ0n) is 10.4. The lowest BCUT2D eigenvalue weighted by molar-refractivity contribution is -0.118. The first kappa shape index (κ1) is 14.9. The van der Waals surface area contributed by atoms with Crippen molar-refractivity contribution >= 4 is 49.1 Å². The molecule has 0 aromatic heterocycles. The smallest absolute Gasteiger partial charge is 0.262 e. The summed E-state index contributed by atoms with van der Waals surface area (Å²) in [4.78, 5) is 11.8. The van der Waals surface area contributed by atoms with Gasteiger partial charge in [0.2, 0.25) is 0 Å². The van der Waals surface area contributed by atoms with Crippen molar-refractivity contribution in [2.75, 3.05) is 17.7 Å². The van der Waals surface area contributed by atoms with E-state index in [0.29, 0.717) is 21.6 Å². The predicted molar refractivity (Wildman–Crippen MR) is 86.8 cm³/mol. The molecule has 0 aliphatic rings. The predicted octanol–water partition coefficient (Wildman–Crippen LogP) is 3.81. The van der Waals surface area contributed by atoms with Gasteiger partial charge in [0, 0.05) is 15.8 Å². The van der Waals surface area contributed by atoms with Gasteiger partial charge in [-0.05, 0) is 52.3 Å². The van der Waals surface area contributed by atoms with Crippen molar-refractivity contribution in [3.63, 3.8) is 0 Å². The number of benzene rings is 2. The van der Waals surface area contributed by atoms with E-state index in [9.17, 15) is 4.79 Å². The SMILES string of the molecule is Nc1cccc(OCC(=O)Nc2ccc(Br)cc2)c1Br. The number of hydrogen-bond donors (Lipinski definition) is 2. The summed E-state index contributed by atoms with van der Waals surface area (Å²) in [6.45, 7) is -0.0852. The number of carbonyl (C=O) groups excluding carboxylic acids is 1. The number of nitrogen functional groups attached to an aromatic ring is 1. The van der Waals surface area contributed by atoms with Crippen LogP contribution in [0.15, 0.2) is 51.4 Å². The van der Waals surface area contributed by atoms with Gasteiger partial charge in [0.25, 0.3) is 5.91 Å². The molecule has 2 aromatic carbocycles. The largest absolute Gasteiger partial charge is 0.483 e. The molecule has 104 valence electrons. The summed E-state index contributed by atoms with van der Waals surface area (Å²) in [5.41, 5.74) is 7.01. The van der Waals surface area contributed by atoms with E-state index in [0.717, 1.165) is 4.47 Å². The Morgan fingerprint density at radius 1 is 1.15 bits per heavy atom. The highest BCUT2D eigenvalue weighted by atomic mass is 79.9. The molecule has 0 saturated carbocycles. The highest BCUT2D eigenvalue weighted by molar-refractivity contribution is 9.11. The minimum absolute atomic E-state index is 0.0852. The monoisotopic (exact) mass is 398 g/mol. The third-order valence-corrected chi connectivity index (χ3v) is 3.86. The van der Waals surface area contributed by atoms with Gasteiger partial charge in [0.05, 0.1) is 4.47 Å². The Balaban J connectivity index is 1.92. The Bertz CT molecular complexity index is 615. The second-order valence-electron chi connectivity index (χ2n) is 4.00. The minimum atomic E-state index is -0.235. The van der Waals surface area contributed by atoms with Gasteiger partial charge in [-0.3, -0.25) is 4.79 Å². The van der Waals surface area contributed by atoms with Gasteiger partial charge in [0.15, 0.2) is 6.61 Å². The topological polar surface area (TPSA) is 64.3 Å². The van der Waals surface area contributed by atoms with Crippen LogP contribution in [0, 0.1) is 0 Å². The first-order valence-corrected chi connectivity index (χ1v) is 7.37. The van der Waals surface area contributed by atoms with Gasteiger partial charge in [-0.15, -0.1) is 0 Å². The number of halogens is 2. The fourth-order valence-corrected chi connectivity index (χ4v) is 2.16. The Morgan fingerprint density at radius 2 is 1.85 bits per heavy atom. The number of amides is 1. The number of anilines is 2. The van der Waals surface area contributed by atoms with Crippen LogP contribution in [-0.2, 0) is 4.79 Å². The number of rotatable bonds is 4. The second-order valence-corrected chi connectivity index (χ2v) is 5.71. The van der Waals surface area contributed by atoms with E-state index in [1.807, 2.05) is 12.1 Å². The molecule has 3 N–H and O–H groups in total. The number of nitrogens with two attached hydrogens (primary N) is 1. The average Bonchev–Trinajstić information content (AvgIpc) is 2.43. The Hall–Kier alpha value is -1.53. The first-order valence-electron chi connectivity index (χ1n) is 5.78. The van der Waals surface area contributed by atoms with Crippen molar-refractivity contribution in [3.8, 4) is 5.75 Å². The molecule has 0 saturated heterocycles. The van der Waals surface area contributed by atoms with Crippen molar-refractivity contribution < 1.29 is 9.53 Å². The molecule has 0 bridgehead atoms. The molecule has 4 nitrogen and oxygen atoms in total. The van der Waals surface area contributed by atoms with E-state index in [1.54, 1.807) is 30.3 Å². The highest BCUT2D eigenvalue weighted by Gasteiger charge is 2.07. The van der Waals surface area contributed by atoms with Crippen molar-refractivity contribution in [3.05, 3.63) is 51.4 Å². The van der Waals surface area contributed by atoms with Gasteiger partial charge in [-0.1, -0.05) is 22.0 Å². The molecule has 20 heavy (non-hydrogen) atoms. The van der Waals surface area contributed by atoms with Gasteiger partial charge >= 0.3 is 0 Å². The van der Waals surface area contributed by atoms with E-state index in [-0.39, 0.29) is 12.5 Å². The van der Waals surface area contributed by atoms with Crippen molar-refractivity contribution in [1.29, 1.82) is 0 Å². The third-order valence-electron chi connectivity index (χ3n) is 2.48. The molecule has 0 atom stereocenters. The van der Waals surface area contributed by atoms with Crippen LogP contribution in [-0.4, -0.2) is 12.5 Å². The third kappa shape index (κ3) is 3.98. The van der Waals surface area contributed by atoms with Crippen LogP contribution in [0.3, 0.4) is 0 Å². The maximum Gasteiger partial charge on any atom is 0.262 e. The molecule has 0 unspecified atom stereocenters. The lowest BCUT2D eigenvalue weighted by Crippen LogP contribution is -2.20. The summed E-state index contributed by atoms with van der Waals surface area (Å²) in [6.07, 6.45) is 0. The van der Waals surface area contributed by atoms with E-state index in [1.165, 1.54) is 0 Å². The van der Waals surface area contributed by atoms with Crippen LogP contribution in [0.5, 0.6) is 5.75 Å². The number of nitrogens with one attached hydrogen (secondary N) is 1. The normalized spacial score (nSPS) is 10.1. The number of ether oxygens (including phenoxy) is 1. The van der Waals surface area contributed by atoms with Gasteiger partial charge < -0.3 is 15.8 Å². The van der Waals surface area contributed by atoms with Crippen molar-refractivity contribution in [2.45, 2.75) is 0 Å². The molecule has 1 amide bonds. The lowest BCUT2D eigenvalue weighted by Gasteiger charge is -2.10. The Labute approximate surface area is 133 Å². The molecule has 6 heteroatoms. The highest BCUT2D eigenvalue weighted by Crippen LogP contribution is 2.30. The molecule has 0 fully saturated rings. The molecule has 0 radical (unpaired) electrons. The quantitative estimate of drug-likeness (QED) is 0.768. The minimum Gasteiger partial charge on any atom is -0.483 e. The van der Waals surface area contributed by atoms with Crippen molar-refractivity contribution in [2.24, 2.45) is 0 Å². The van der Waals surface area contributed by atoms with Gasteiger partial charge in [0.1, 0.15) is 5.75 Å². The molecular weight excluding hydrogens is 388 g/mol. The first-order chi connectivity index (χ1) is 9.56. The zero-order valence-corrected chi connectivity index (χ0v) is 13.6. The second kappa shape index (κ2) is 6.76. The molecule has 0 heterocycles. The fourth-order valence-electron chi connectivity index (χ4n) is 1.51. The summed E-state index contributed by atoms with van der Waals surface area (Å²) in [5, 5.41) is 2.74. The summed E-state index contributed by atoms with van der Waals surface area (Å²) in [5.74, 6) is 0.303. The summed E-state index contributed by atoms with van der Waals surface area (Å²) < 4.78 is 7.03. The molecule has 2 aromatic rings. The van der Waals surface area contributed by atoms with Crippen LogP contribution < -0.4 is 15.8 Å². The number of hydrogen-bond acceptors (Lipinski definition) is 3. The molecule has 0 spiro atoms. The van der Waals surface area contributed by atoms with Crippen molar-refractivity contribution in [1.82, 2.24) is 0 Å². The zero-order chi connectivity index (χ0) is 14.5. The number of carbonyl (C=O) groups is 1. The van der Waals surface area contributed by atoms with Gasteiger partial charge in [-0.25, -0.2) is 0 Å². The average molecular weight is 400 g/mol. The van der Waals surface area contributed by atoms with E-state index in [4.69, 9.17) is 10.5 Å². The van der Waals surface area contributed by atoms with Crippen LogP contribution in [0.2, 0.25) is 0 Å². The Morgan fingerprint density at radius 3 is 2.55 bits per heavy atom. The lowest BCUT2D eigenvalue weighted by atomic mass is 10.3. The maximum atomic E-state index is 11.8. The molecule has 0 aliphatic carbocycles. The fraction of sp³-hybridized carbons (Fsp3) is 0.0714. The summed E-state index contributed by atoms with van der Waals surface area (Å²) >= 11 is 6.65. The molecule has 0 aliphatic heterocycles. The summed E-state index contributed by atoms with van der Waals surface area (Å²) in [6, 6.07) is 12.6. The standard InChI is InChI=1S/C14H12Br2N2O2/c15-9-4-6-10(7-5-9)18-13(19)8-20-12-3-1-2-11(17)14(12)16/h1-7H,8,17H2,(H,18,19). The van der Waals surface area contributed by atoms with E-state index >= 15 is 0 Å². The maximum absolute atomic E-state index is 11.8. The van der Waals surface area contributed by atoms with Gasteiger partial charge in [-0.2, -0.15) is 0 Å². The van der Waals surface area contributed by atoms with Crippen LogP contribution in [0.1, 0.15) is 0 Å².